The van der Waals surface area contributed by atoms with Crippen LogP contribution in [0.2, 0.25) is 0 Å². The summed E-state index contributed by atoms with van der Waals surface area (Å²) in [4.78, 5) is 10.7. The third-order valence-electron chi connectivity index (χ3n) is 4.02. The van der Waals surface area contributed by atoms with Gasteiger partial charge in [0.25, 0.3) is 5.89 Å². The van der Waals surface area contributed by atoms with Crippen molar-refractivity contribution in [1.29, 1.82) is 0 Å². The summed E-state index contributed by atoms with van der Waals surface area (Å²) in [6.07, 6.45) is 3.68. The number of hydrogen-bond donors (Lipinski definition) is 0. The Kier molecular flexibility index (Phi) is 3.54. The highest BCUT2D eigenvalue weighted by molar-refractivity contribution is 7.21. The highest BCUT2D eigenvalue weighted by atomic mass is 32.1. The lowest BCUT2D eigenvalue weighted by Crippen LogP contribution is -2.21. The topological polar surface area (TPSA) is 70.3 Å². The zero-order valence-electron chi connectivity index (χ0n) is 13.0. The molecule has 0 amide bonds. The highest BCUT2D eigenvalue weighted by Gasteiger charge is 2.36. The Bertz CT molecular complexity index is 836. The van der Waals surface area contributed by atoms with Gasteiger partial charge in [-0.15, -0.1) is 11.3 Å². The summed E-state index contributed by atoms with van der Waals surface area (Å²) >= 11 is 1.52. The van der Waals surface area contributed by atoms with Crippen LogP contribution in [0.4, 0.5) is 0 Å². The standard InChI is InChI=1S/C16H17N3O3S/c1-3-20-11-5-7-17-14-10(11)9-12(23-14)13-18-15(19-22-13)16(2)6-4-8-21-16/h5,7,9H,3-4,6,8H2,1-2H3. The SMILES string of the molecule is CCOc1ccnc2sc(-c3nc(C4(C)CCCO4)no3)cc12. The fraction of sp³-hybridized carbons (Fsp3) is 0.438. The van der Waals surface area contributed by atoms with Crippen LogP contribution in [0.3, 0.4) is 0 Å². The van der Waals surface area contributed by atoms with E-state index in [2.05, 4.69) is 15.1 Å². The number of ether oxygens (including phenoxy) is 2. The molecule has 7 heteroatoms. The van der Waals surface area contributed by atoms with Gasteiger partial charge in [0.1, 0.15) is 16.2 Å². The van der Waals surface area contributed by atoms with Gasteiger partial charge in [0, 0.05) is 12.8 Å². The second-order valence-electron chi connectivity index (χ2n) is 5.68. The van der Waals surface area contributed by atoms with Gasteiger partial charge in [0.2, 0.25) is 5.82 Å². The quantitative estimate of drug-likeness (QED) is 0.725. The molecule has 1 aliphatic rings. The van der Waals surface area contributed by atoms with Crippen LogP contribution in [-0.4, -0.2) is 28.3 Å². The van der Waals surface area contributed by atoms with Crippen molar-refractivity contribution < 1.29 is 14.0 Å². The smallest absolute Gasteiger partial charge is 0.268 e. The maximum absolute atomic E-state index is 5.77. The molecule has 4 heterocycles. The Morgan fingerprint density at radius 2 is 2.35 bits per heavy atom. The van der Waals surface area contributed by atoms with Crippen molar-refractivity contribution in [2.24, 2.45) is 0 Å². The van der Waals surface area contributed by atoms with Gasteiger partial charge in [0.15, 0.2) is 0 Å². The molecule has 1 atom stereocenters. The molecule has 1 saturated heterocycles. The van der Waals surface area contributed by atoms with E-state index in [9.17, 15) is 0 Å². The average molecular weight is 331 g/mol. The summed E-state index contributed by atoms with van der Waals surface area (Å²) in [5.74, 6) is 1.94. The number of fused-ring (bicyclic) bond motifs is 1. The second kappa shape index (κ2) is 5.58. The predicted molar refractivity (Wildman–Crippen MR) is 86.6 cm³/mol. The van der Waals surface area contributed by atoms with E-state index in [1.165, 1.54) is 11.3 Å². The summed E-state index contributed by atoms with van der Waals surface area (Å²) in [6.45, 7) is 5.33. The molecule has 23 heavy (non-hydrogen) atoms. The molecule has 6 nitrogen and oxygen atoms in total. The Morgan fingerprint density at radius 3 is 3.13 bits per heavy atom. The molecule has 0 N–H and O–H groups in total. The number of rotatable bonds is 4. The number of nitrogens with zero attached hydrogens (tertiary/aromatic N) is 3. The first-order valence-corrected chi connectivity index (χ1v) is 8.51. The van der Waals surface area contributed by atoms with E-state index in [1.54, 1.807) is 6.20 Å². The van der Waals surface area contributed by atoms with E-state index in [4.69, 9.17) is 14.0 Å². The molecular weight excluding hydrogens is 314 g/mol. The molecule has 0 bridgehead atoms. The van der Waals surface area contributed by atoms with E-state index in [1.807, 2.05) is 26.0 Å². The molecule has 120 valence electrons. The molecular formula is C16H17N3O3S. The van der Waals surface area contributed by atoms with Gasteiger partial charge in [-0.05, 0) is 38.8 Å². The minimum Gasteiger partial charge on any atom is -0.493 e. The summed E-state index contributed by atoms with van der Waals surface area (Å²) in [5.41, 5.74) is -0.437. The number of thiophene rings is 1. The number of pyridine rings is 1. The van der Waals surface area contributed by atoms with Crippen LogP contribution in [0.25, 0.3) is 21.0 Å². The Hall–Kier alpha value is -1.99. The highest BCUT2D eigenvalue weighted by Crippen LogP contribution is 2.38. The predicted octanol–water partition coefficient (Wildman–Crippen LogP) is 3.77. The van der Waals surface area contributed by atoms with Crippen molar-refractivity contribution in [3.8, 4) is 16.5 Å². The lowest BCUT2D eigenvalue weighted by atomic mass is 10.0. The molecule has 1 unspecified atom stereocenters. The van der Waals surface area contributed by atoms with E-state index >= 15 is 0 Å². The molecule has 0 aromatic carbocycles. The first kappa shape index (κ1) is 14.6. The first-order chi connectivity index (χ1) is 11.2. The van der Waals surface area contributed by atoms with Crippen LogP contribution in [0.15, 0.2) is 22.9 Å². The summed E-state index contributed by atoms with van der Waals surface area (Å²) in [6, 6.07) is 3.86. The lowest BCUT2D eigenvalue weighted by Gasteiger charge is -2.17. The van der Waals surface area contributed by atoms with Crippen LogP contribution >= 0.6 is 11.3 Å². The van der Waals surface area contributed by atoms with Crippen molar-refractivity contribution in [2.75, 3.05) is 13.2 Å². The maximum atomic E-state index is 5.77. The minimum absolute atomic E-state index is 0.437. The minimum atomic E-state index is -0.437. The number of aromatic nitrogens is 3. The molecule has 1 fully saturated rings. The van der Waals surface area contributed by atoms with Gasteiger partial charge in [-0.3, -0.25) is 0 Å². The summed E-state index contributed by atoms with van der Waals surface area (Å²) < 4.78 is 16.9. The van der Waals surface area contributed by atoms with E-state index < -0.39 is 5.60 Å². The van der Waals surface area contributed by atoms with E-state index in [-0.39, 0.29) is 0 Å². The molecule has 3 aromatic heterocycles. The Morgan fingerprint density at radius 1 is 1.43 bits per heavy atom. The molecule has 4 rings (SSSR count). The van der Waals surface area contributed by atoms with Crippen LogP contribution < -0.4 is 4.74 Å². The monoisotopic (exact) mass is 331 g/mol. The van der Waals surface area contributed by atoms with Gasteiger partial charge < -0.3 is 14.0 Å². The van der Waals surface area contributed by atoms with Crippen molar-refractivity contribution in [2.45, 2.75) is 32.3 Å². The van der Waals surface area contributed by atoms with Crippen LogP contribution in [0, 0.1) is 0 Å². The lowest BCUT2D eigenvalue weighted by molar-refractivity contribution is 0.00768. The molecule has 0 saturated carbocycles. The van der Waals surface area contributed by atoms with Gasteiger partial charge in [0.05, 0.1) is 16.9 Å². The van der Waals surface area contributed by atoms with Crippen LogP contribution in [0.1, 0.15) is 32.5 Å². The first-order valence-electron chi connectivity index (χ1n) is 7.69. The van der Waals surface area contributed by atoms with E-state index in [0.717, 1.165) is 40.3 Å². The number of hydrogen-bond acceptors (Lipinski definition) is 7. The van der Waals surface area contributed by atoms with Crippen LogP contribution in [0.5, 0.6) is 5.75 Å². The molecule has 1 aliphatic heterocycles. The molecule has 0 spiro atoms. The normalized spacial score (nSPS) is 21.1. The zero-order chi connectivity index (χ0) is 15.9. The maximum Gasteiger partial charge on any atom is 0.268 e. The van der Waals surface area contributed by atoms with Gasteiger partial charge in [-0.25, -0.2) is 4.98 Å². The third-order valence-corrected chi connectivity index (χ3v) is 5.06. The fourth-order valence-corrected chi connectivity index (χ4v) is 3.74. The van der Waals surface area contributed by atoms with Crippen molar-refractivity contribution >= 4 is 21.6 Å². The van der Waals surface area contributed by atoms with Gasteiger partial charge >= 0.3 is 0 Å². The van der Waals surface area contributed by atoms with Crippen molar-refractivity contribution in [3.05, 3.63) is 24.2 Å². The molecule has 0 radical (unpaired) electrons. The van der Waals surface area contributed by atoms with Gasteiger partial charge in [-0.2, -0.15) is 4.98 Å². The van der Waals surface area contributed by atoms with E-state index in [0.29, 0.717) is 18.3 Å². The molecule has 0 aliphatic carbocycles. The Balaban J connectivity index is 1.72. The fourth-order valence-electron chi connectivity index (χ4n) is 2.80. The zero-order valence-corrected chi connectivity index (χ0v) is 13.9. The largest absolute Gasteiger partial charge is 0.493 e. The summed E-state index contributed by atoms with van der Waals surface area (Å²) in [7, 11) is 0. The average Bonchev–Trinajstić information content (AvgIpc) is 3.26. The second-order valence-corrected chi connectivity index (χ2v) is 6.71. The van der Waals surface area contributed by atoms with Crippen molar-refractivity contribution in [3.63, 3.8) is 0 Å². The van der Waals surface area contributed by atoms with Crippen LogP contribution in [-0.2, 0) is 10.3 Å². The Labute approximate surface area is 137 Å². The van der Waals surface area contributed by atoms with Gasteiger partial charge in [-0.1, -0.05) is 5.16 Å². The van der Waals surface area contributed by atoms with Crippen molar-refractivity contribution in [1.82, 2.24) is 15.1 Å². The third kappa shape index (κ3) is 2.49. The summed E-state index contributed by atoms with van der Waals surface area (Å²) in [5, 5.41) is 5.09. The molecule has 3 aromatic rings.